The minimum atomic E-state index is -0.411. The number of hydrogen-bond donors (Lipinski definition) is 0. The standard InChI is InChI=1S/C71H53N9/c1-71(2)39-38-60-58(36-34-53-26-12-16-30-62(53)71)70(80(68-49-74-42-45-77-68)65-33-19-15-29-57(65)52-24-10-5-11-25-52)61-46-54(78(66-47-72-40-43-75-66)63-31-17-13-27-55(63)50-20-6-3-7-21-50)35-37-59(61)69(60)79(67-48-73-41-44-76-67)64-32-18-14-28-56(64)51-22-8-4-9-23-51/h3-49H,1-2H3/b36-34+,39-38+. The van der Waals surface area contributed by atoms with Gasteiger partial charge in [0.05, 0.1) is 47.0 Å². The molecule has 0 atom stereocenters. The van der Waals surface area contributed by atoms with Crippen molar-refractivity contribution in [1.82, 2.24) is 29.9 Å². The minimum Gasteiger partial charge on any atom is -0.293 e. The lowest BCUT2D eigenvalue weighted by Crippen LogP contribution is -2.19. The van der Waals surface area contributed by atoms with Crippen molar-refractivity contribution in [3.63, 3.8) is 0 Å². The van der Waals surface area contributed by atoms with Crippen LogP contribution in [0.3, 0.4) is 0 Å². The highest BCUT2D eigenvalue weighted by Crippen LogP contribution is 2.55. The normalized spacial score (nSPS) is 13.2. The van der Waals surface area contributed by atoms with E-state index in [0.717, 1.165) is 95.0 Å². The zero-order valence-corrected chi connectivity index (χ0v) is 44.2. The van der Waals surface area contributed by atoms with Crippen LogP contribution in [0.25, 0.3) is 62.4 Å². The maximum absolute atomic E-state index is 5.20. The van der Waals surface area contributed by atoms with E-state index in [-0.39, 0.29) is 0 Å². The van der Waals surface area contributed by atoms with Crippen LogP contribution in [-0.2, 0) is 5.41 Å². The second-order valence-corrected chi connectivity index (χ2v) is 20.1. The molecule has 80 heavy (non-hydrogen) atoms. The molecule has 0 bridgehead atoms. The van der Waals surface area contributed by atoms with Gasteiger partial charge in [-0.05, 0) is 58.1 Å². The molecular weight excluding hydrogens is 979 g/mol. The van der Waals surface area contributed by atoms with E-state index in [9.17, 15) is 0 Å². The number of fused-ring (bicyclic) bond motifs is 3. The Morgan fingerprint density at radius 3 is 1.25 bits per heavy atom. The van der Waals surface area contributed by atoms with Gasteiger partial charge < -0.3 is 0 Å². The SMILES string of the molecule is CC1(C)/C=C/c2c(c(N(c3cnccn3)c3ccccc3-c3ccccc3)c3cc(N(c4cnccn4)c4ccccc4-c4ccccc4)ccc3c2N(c2cnccn2)c2ccccc2-c2ccccc2)/C=C/c2ccccc21. The molecule has 0 aliphatic heterocycles. The molecule has 382 valence electrons. The highest BCUT2D eigenvalue weighted by Gasteiger charge is 2.33. The summed E-state index contributed by atoms with van der Waals surface area (Å²) in [6.45, 7) is 4.58. The summed E-state index contributed by atoms with van der Waals surface area (Å²) in [5.74, 6) is 1.93. The molecule has 1 aliphatic rings. The van der Waals surface area contributed by atoms with Gasteiger partial charge in [-0.15, -0.1) is 0 Å². The largest absolute Gasteiger partial charge is 0.293 e. The van der Waals surface area contributed by atoms with Crippen LogP contribution >= 0.6 is 0 Å². The first-order chi connectivity index (χ1) is 39.5. The number of rotatable bonds is 12. The molecule has 0 N–H and O–H groups in total. The Labute approximate surface area is 465 Å². The summed E-state index contributed by atoms with van der Waals surface area (Å²) >= 11 is 0. The van der Waals surface area contributed by atoms with Gasteiger partial charge in [0, 0.05) is 86.9 Å². The Morgan fingerprint density at radius 1 is 0.350 bits per heavy atom. The monoisotopic (exact) mass is 1030 g/mol. The van der Waals surface area contributed by atoms with Crippen LogP contribution < -0.4 is 14.7 Å². The number of anilines is 9. The fourth-order valence-electron chi connectivity index (χ4n) is 11.1. The lowest BCUT2D eigenvalue weighted by Gasteiger charge is -2.35. The number of para-hydroxylation sites is 3. The second kappa shape index (κ2) is 21.4. The summed E-state index contributed by atoms with van der Waals surface area (Å²) in [6, 6.07) is 72.7. The number of benzene rings is 9. The predicted molar refractivity (Wildman–Crippen MR) is 329 cm³/mol. The highest BCUT2D eigenvalue weighted by molar-refractivity contribution is 6.16. The minimum absolute atomic E-state index is 0.411. The molecule has 9 aromatic carbocycles. The molecule has 0 unspecified atom stereocenters. The number of nitrogens with zero attached hydrogens (tertiary/aromatic N) is 9. The van der Waals surface area contributed by atoms with Crippen molar-refractivity contribution in [2.24, 2.45) is 0 Å². The van der Waals surface area contributed by atoms with Crippen LogP contribution in [0.15, 0.2) is 268 Å². The van der Waals surface area contributed by atoms with E-state index in [2.05, 4.69) is 258 Å². The van der Waals surface area contributed by atoms with Crippen LogP contribution in [0.4, 0.5) is 51.6 Å². The highest BCUT2D eigenvalue weighted by atomic mass is 15.2. The van der Waals surface area contributed by atoms with E-state index in [1.54, 1.807) is 37.2 Å². The molecule has 9 heteroatoms. The molecule has 0 radical (unpaired) electrons. The molecule has 0 fully saturated rings. The average molecular weight is 1030 g/mol. The lowest BCUT2D eigenvalue weighted by atomic mass is 9.81. The topological polar surface area (TPSA) is 87.1 Å². The summed E-state index contributed by atoms with van der Waals surface area (Å²) in [7, 11) is 0. The van der Waals surface area contributed by atoms with Gasteiger partial charge >= 0.3 is 0 Å². The Morgan fingerprint density at radius 2 is 0.762 bits per heavy atom. The summed E-state index contributed by atoms with van der Waals surface area (Å²) in [5, 5.41) is 1.84. The molecular formula is C71H53N9. The smallest absolute Gasteiger partial charge is 0.156 e. The molecule has 0 saturated heterocycles. The van der Waals surface area contributed by atoms with Gasteiger partial charge in [-0.1, -0.05) is 214 Å². The van der Waals surface area contributed by atoms with Crippen molar-refractivity contribution in [3.8, 4) is 33.4 Å². The Hall–Kier alpha value is -10.6. The van der Waals surface area contributed by atoms with E-state index in [1.807, 2.05) is 24.7 Å². The summed E-state index contributed by atoms with van der Waals surface area (Å²) in [6.07, 6.45) is 25.2. The third-order valence-corrected chi connectivity index (χ3v) is 14.8. The van der Waals surface area contributed by atoms with Gasteiger partial charge in [-0.25, -0.2) is 15.0 Å². The molecule has 0 saturated carbocycles. The molecule has 3 aromatic heterocycles. The zero-order valence-electron chi connectivity index (χ0n) is 44.2. The van der Waals surface area contributed by atoms with Crippen LogP contribution in [0, 0.1) is 0 Å². The fourth-order valence-corrected chi connectivity index (χ4v) is 11.1. The van der Waals surface area contributed by atoms with E-state index in [4.69, 9.17) is 24.9 Å². The van der Waals surface area contributed by atoms with Gasteiger partial charge in [0.15, 0.2) is 17.5 Å². The van der Waals surface area contributed by atoms with Gasteiger partial charge in [0.2, 0.25) is 0 Å². The van der Waals surface area contributed by atoms with Gasteiger partial charge in [0.25, 0.3) is 0 Å². The maximum atomic E-state index is 5.20. The molecule has 13 rings (SSSR count). The summed E-state index contributed by atoms with van der Waals surface area (Å²) < 4.78 is 0. The zero-order chi connectivity index (χ0) is 53.8. The van der Waals surface area contributed by atoms with Crippen molar-refractivity contribution < 1.29 is 0 Å². The molecule has 9 nitrogen and oxygen atoms in total. The van der Waals surface area contributed by atoms with Crippen molar-refractivity contribution in [1.29, 1.82) is 0 Å². The fraction of sp³-hybridized carbons (Fsp3) is 0.0423. The van der Waals surface area contributed by atoms with Crippen LogP contribution in [0.5, 0.6) is 0 Å². The number of hydrogen-bond acceptors (Lipinski definition) is 9. The first kappa shape index (κ1) is 49.0. The van der Waals surface area contributed by atoms with E-state index in [0.29, 0.717) is 17.5 Å². The quantitative estimate of drug-likeness (QED) is 0.111. The summed E-state index contributed by atoms with van der Waals surface area (Å²) in [4.78, 5) is 36.5. The number of aromatic nitrogens is 6. The summed E-state index contributed by atoms with van der Waals surface area (Å²) in [5.41, 5.74) is 15.5. The Balaban J connectivity index is 1.24. The van der Waals surface area contributed by atoms with Crippen molar-refractivity contribution in [3.05, 3.63) is 290 Å². The van der Waals surface area contributed by atoms with E-state index in [1.165, 1.54) is 5.56 Å². The molecule has 3 heterocycles. The van der Waals surface area contributed by atoms with Crippen molar-refractivity contribution in [2.45, 2.75) is 19.3 Å². The maximum Gasteiger partial charge on any atom is 0.156 e. The molecule has 1 aliphatic carbocycles. The molecule has 0 amide bonds. The number of allylic oxidation sites excluding steroid dienone is 1. The second-order valence-electron chi connectivity index (χ2n) is 20.1. The van der Waals surface area contributed by atoms with Crippen LogP contribution in [0.1, 0.15) is 36.1 Å². The van der Waals surface area contributed by atoms with E-state index < -0.39 is 5.41 Å². The van der Waals surface area contributed by atoms with E-state index >= 15 is 0 Å². The van der Waals surface area contributed by atoms with Gasteiger partial charge in [-0.3, -0.25) is 29.7 Å². The van der Waals surface area contributed by atoms with Gasteiger partial charge in [0.1, 0.15) is 0 Å². The predicted octanol–water partition coefficient (Wildman–Crippen LogP) is 18.1. The van der Waals surface area contributed by atoms with Crippen molar-refractivity contribution in [2.75, 3.05) is 14.7 Å². The van der Waals surface area contributed by atoms with Gasteiger partial charge in [-0.2, -0.15) is 0 Å². The molecule has 12 aromatic rings. The first-order valence-electron chi connectivity index (χ1n) is 26.7. The van der Waals surface area contributed by atoms with Crippen LogP contribution in [0.2, 0.25) is 0 Å². The third kappa shape index (κ3) is 9.22. The lowest BCUT2D eigenvalue weighted by molar-refractivity contribution is 0.672. The third-order valence-electron chi connectivity index (χ3n) is 14.8. The average Bonchev–Trinajstić information content (AvgIpc) is 3.66. The molecule has 0 spiro atoms. The van der Waals surface area contributed by atoms with Crippen LogP contribution in [-0.4, -0.2) is 29.9 Å². The van der Waals surface area contributed by atoms with Crippen molar-refractivity contribution >= 4 is 80.6 Å². The first-order valence-corrected chi connectivity index (χ1v) is 26.7. The Bertz CT molecular complexity index is 4210. The Kier molecular flexibility index (Phi) is 13.1.